The minimum atomic E-state index is -0.729. The van der Waals surface area contributed by atoms with Crippen LogP contribution >= 0.6 is 24.0 Å². The second-order valence-electron chi connectivity index (χ2n) is 6.78. The standard InChI is InChI=1S/C20H33N3O3S.HI/c1-4-21-20(23-16-9-7-10-17(14-16)27(25)5-2)22-13-12-15-8-6-11-18(26-3)19(15)24;/h6,8,11,16-17,24H,4-5,7,9-10,12-14H2,1-3H3,(H2,21,22,23);1H. The van der Waals surface area contributed by atoms with E-state index in [-0.39, 0.29) is 35.0 Å². The Kier molecular flexibility index (Phi) is 11.8. The van der Waals surface area contributed by atoms with Crippen LogP contribution in [0.5, 0.6) is 11.5 Å². The fourth-order valence-corrected chi connectivity index (χ4v) is 4.83. The minimum Gasteiger partial charge on any atom is -0.504 e. The van der Waals surface area contributed by atoms with E-state index < -0.39 is 10.8 Å². The van der Waals surface area contributed by atoms with E-state index in [2.05, 4.69) is 15.6 Å². The lowest BCUT2D eigenvalue weighted by molar-refractivity contribution is 0.370. The van der Waals surface area contributed by atoms with Gasteiger partial charge in [0.1, 0.15) is 0 Å². The van der Waals surface area contributed by atoms with Gasteiger partial charge in [0.15, 0.2) is 17.5 Å². The zero-order chi connectivity index (χ0) is 19.6. The summed E-state index contributed by atoms with van der Waals surface area (Å²) in [5, 5.41) is 17.3. The van der Waals surface area contributed by atoms with Crippen molar-refractivity contribution in [3.63, 3.8) is 0 Å². The summed E-state index contributed by atoms with van der Waals surface area (Å²) < 4.78 is 17.3. The van der Waals surface area contributed by atoms with Crippen molar-refractivity contribution in [1.29, 1.82) is 0 Å². The molecule has 1 aliphatic rings. The first kappa shape index (κ1) is 25.0. The molecule has 0 radical (unpaired) electrons. The number of hydrogen-bond acceptors (Lipinski definition) is 4. The molecule has 1 saturated carbocycles. The van der Waals surface area contributed by atoms with Crippen LogP contribution in [0, 0.1) is 0 Å². The first-order valence-corrected chi connectivity index (χ1v) is 11.2. The fraction of sp³-hybridized carbons (Fsp3) is 0.650. The van der Waals surface area contributed by atoms with Crippen LogP contribution in [-0.2, 0) is 17.2 Å². The van der Waals surface area contributed by atoms with E-state index >= 15 is 0 Å². The maximum atomic E-state index is 12.1. The van der Waals surface area contributed by atoms with Crippen LogP contribution in [0.3, 0.4) is 0 Å². The highest BCUT2D eigenvalue weighted by Gasteiger charge is 2.26. The van der Waals surface area contributed by atoms with Gasteiger partial charge >= 0.3 is 0 Å². The molecule has 0 heterocycles. The van der Waals surface area contributed by atoms with Crippen molar-refractivity contribution in [3.05, 3.63) is 23.8 Å². The van der Waals surface area contributed by atoms with Gasteiger partial charge in [-0.25, -0.2) is 0 Å². The van der Waals surface area contributed by atoms with Gasteiger partial charge < -0.3 is 20.5 Å². The lowest BCUT2D eigenvalue weighted by Gasteiger charge is -2.30. The second kappa shape index (κ2) is 13.2. The van der Waals surface area contributed by atoms with Gasteiger partial charge in [0.05, 0.1) is 7.11 Å². The number of hydrogen-bond donors (Lipinski definition) is 3. The number of para-hydroxylation sites is 1. The molecular weight excluding hydrogens is 489 g/mol. The van der Waals surface area contributed by atoms with E-state index in [1.54, 1.807) is 13.2 Å². The normalized spacial score (nSPS) is 20.8. The van der Waals surface area contributed by atoms with E-state index in [1.165, 1.54) is 0 Å². The minimum absolute atomic E-state index is 0. The molecule has 2 rings (SSSR count). The molecule has 6 nitrogen and oxygen atoms in total. The summed E-state index contributed by atoms with van der Waals surface area (Å²) in [6.07, 6.45) is 4.80. The predicted molar refractivity (Wildman–Crippen MR) is 128 cm³/mol. The predicted octanol–water partition coefficient (Wildman–Crippen LogP) is 3.20. The maximum Gasteiger partial charge on any atom is 0.191 e. The quantitative estimate of drug-likeness (QED) is 0.277. The Bertz CT molecular complexity index is 658. The third-order valence-corrected chi connectivity index (χ3v) is 6.66. The van der Waals surface area contributed by atoms with Crippen LogP contribution in [0.1, 0.15) is 45.1 Å². The van der Waals surface area contributed by atoms with E-state index in [0.29, 0.717) is 24.8 Å². The number of halogens is 1. The molecule has 1 aromatic carbocycles. The van der Waals surface area contributed by atoms with Gasteiger partial charge in [-0.1, -0.05) is 25.5 Å². The molecule has 28 heavy (non-hydrogen) atoms. The molecule has 0 spiro atoms. The van der Waals surface area contributed by atoms with Crippen molar-refractivity contribution in [2.24, 2.45) is 4.99 Å². The van der Waals surface area contributed by atoms with Gasteiger partial charge in [0.25, 0.3) is 0 Å². The highest BCUT2D eigenvalue weighted by molar-refractivity contribution is 14.0. The molecule has 0 aliphatic heterocycles. The van der Waals surface area contributed by atoms with E-state index in [1.807, 2.05) is 26.0 Å². The van der Waals surface area contributed by atoms with Crippen molar-refractivity contribution >= 4 is 40.7 Å². The Morgan fingerprint density at radius 1 is 1.36 bits per heavy atom. The second-order valence-corrected chi connectivity index (χ2v) is 8.78. The van der Waals surface area contributed by atoms with Gasteiger partial charge in [-0.05, 0) is 44.2 Å². The monoisotopic (exact) mass is 523 g/mol. The van der Waals surface area contributed by atoms with E-state index in [9.17, 15) is 9.32 Å². The topological polar surface area (TPSA) is 83.0 Å². The number of guanidine groups is 1. The van der Waals surface area contributed by atoms with Crippen LogP contribution in [0.2, 0.25) is 0 Å². The molecule has 1 aliphatic carbocycles. The van der Waals surface area contributed by atoms with Gasteiger partial charge in [-0.15, -0.1) is 24.0 Å². The van der Waals surface area contributed by atoms with Crippen LogP contribution in [-0.4, -0.2) is 52.5 Å². The van der Waals surface area contributed by atoms with E-state index in [4.69, 9.17) is 4.74 Å². The Labute approximate surface area is 188 Å². The van der Waals surface area contributed by atoms with Crippen LogP contribution in [0.25, 0.3) is 0 Å². The number of benzene rings is 1. The highest BCUT2D eigenvalue weighted by atomic mass is 127. The Hall–Kier alpha value is -1.03. The molecule has 0 aromatic heterocycles. The molecule has 0 amide bonds. The molecule has 8 heteroatoms. The van der Waals surface area contributed by atoms with Crippen molar-refractivity contribution in [2.75, 3.05) is 26.0 Å². The molecule has 3 atom stereocenters. The van der Waals surface area contributed by atoms with E-state index in [0.717, 1.165) is 49.5 Å². The summed E-state index contributed by atoms with van der Waals surface area (Å²) in [6.45, 7) is 5.38. The molecule has 160 valence electrons. The smallest absolute Gasteiger partial charge is 0.191 e. The number of ether oxygens (including phenoxy) is 1. The molecule has 1 aromatic rings. The Morgan fingerprint density at radius 2 is 2.14 bits per heavy atom. The zero-order valence-electron chi connectivity index (χ0n) is 17.1. The number of phenolic OH excluding ortho intramolecular Hbond substituents is 1. The molecular formula is C20H34IN3O3S. The van der Waals surface area contributed by atoms with Gasteiger partial charge in [-0.2, -0.15) is 0 Å². The Morgan fingerprint density at radius 3 is 2.82 bits per heavy atom. The zero-order valence-corrected chi connectivity index (χ0v) is 20.2. The molecule has 3 unspecified atom stereocenters. The summed E-state index contributed by atoms with van der Waals surface area (Å²) in [5.41, 5.74) is 0.824. The lowest BCUT2D eigenvalue weighted by Crippen LogP contribution is -2.46. The largest absolute Gasteiger partial charge is 0.504 e. The maximum absolute atomic E-state index is 12.1. The molecule has 0 saturated heterocycles. The molecule has 1 fully saturated rings. The van der Waals surface area contributed by atoms with Crippen molar-refractivity contribution in [2.45, 2.75) is 57.2 Å². The summed E-state index contributed by atoms with van der Waals surface area (Å²) in [6, 6.07) is 5.81. The van der Waals surface area contributed by atoms with Crippen molar-refractivity contribution in [3.8, 4) is 11.5 Å². The highest BCUT2D eigenvalue weighted by Crippen LogP contribution is 2.29. The number of aromatic hydroxyl groups is 1. The number of methoxy groups -OCH3 is 1. The average molecular weight is 523 g/mol. The summed E-state index contributed by atoms with van der Waals surface area (Å²) >= 11 is 0. The number of rotatable bonds is 8. The van der Waals surface area contributed by atoms with Crippen LogP contribution in [0.4, 0.5) is 0 Å². The average Bonchev–Trinajstić information content (AvgIpc) is 2.69. The van der Waals surface area contributed by atoms with Gasteiger partial charge in [-0.3, -0.25) is 9.20 Å². The molecule has 0 bridgehead atoms. The van der Waals surface area contributed by atoms with Crippen molar-refractivity contribution in [1.82, 2.24) is 10.6 Å². The summed E-state index contributed by atoms with van der Waals surface area (Å²) in [5.74, 6) is 2.19. The fourth-order valence-electron chi connectivity index (χ4n) is 3.49. The SMILES string of the molecule is CCNC(=NCCc1cccc(OC)c1O)NC1CCCC(S(=O)CC)C1.I. The number of phenols is 1. The van der Waals surface area contributed by atoms with Crippen molar-refractivity contribution < 1.29 is 14.1 Å². The van der Waals surface area contributed by atoms with Gasteiger partial charge in [0.2, 0.25) is 0 Å². The Balaban J connectivity index is 0.00000392. The number of aliphatic imine (C=N–C) groups is 1. The van der Waals surface area contributed by atoms with Gasteiger partial charge in [0, 0.05) is 40.9 Å². The van der Waals surface area contributed by atoms with Crippen LogP contribution in [0.15, 0.2) is 23.2 Å². The summed E-state index contributed by atoms with van der Waals surface area (Å²) in [4.78, 5) is 4.66. The third-order valence-electron chi connectivity index (χ3n) is 4.92. The van der Waals surface area contributed by atoms with Crippen LogP contribution < -0.4 is 15.4 Å². The number of nitrogens with zero attached hydrogens (tertiary/aromatic N) is 1. The molecule has 3 N–H and O–H groups in total. The lowest BCUT2D eigenvalue weighted by atomic mass is 9.95. The third kappa shape index (κ3) is 7.42. The number of nitrogens with one attached hydrogen (secondary N) is 2. The first-order valence-electron chi connectivity index (χ1n) is 9.85. The summed E-state index contributed by atoms with van der Waals surface area (Å²) in [7, 11) is 0.820. The first-order chi connectivity index (χ1) is 13.1.